The molecular weight excluding hydrogens is 308 g/mol. The average Bonchev–Trinajstić information content (AvgIpc) is 2.92. The Morgan fingerprint density at radius 3 is 2.65 bits per heavy atom. The lowest BCUT2D eigenvalue weighted by Gasteiger charge is -2.40. The molecule has 0 spiro atoms. The second-order valence-corrected chi connectivity index (χ2v) is 6.44. The monoisotopic (exact) mass is 324 g/mol. The lowest BCUT2D eigenvalue weighted by atomic mass is 9.93. The highest BCUT2D eigenvalue weighted by Gasteiger charge is 2.31. The maximum Gasteiger partial charge on any atom is 0.219 e. The van der Waals surface area contributed by atoms with Crippen molar-refractivity contribution in [2.75, 3.05) is 6.54 Å². The van der Waals surface area contributed by atoms with Gasteiger partial charge < -0.3 is 9.88 Å². The molecule has 1 aliphatic rings. The zero-order valence-corrected chi connectivity index (χ0v) is 13.6. The zero-order chi connectivity index (χ0) is 16.0. The molecule has 0 bridgehead atoms. The number of nitrogens with zero attached hydrogens (tertiary/aromatic N) is 1. The number of hydrogen-bond donors (Lipinski definition) is 1. The second kappa shape index (κ2) is 5.43. The van der Waals surface area contributed by atoms with E-state index in [-0.39, 0.29) is 11.9 Å². The van der Waals surface area contributed by atoms with E-state index in [0.29, 0.717) is 0 Å². The first-order valence-electron chi connectivity index (χ1n) is 7.77. The maximum absolute atomic E-state index is 11.5. The van der Waals surface area contributed by atoms with Crippen LogP contribution in [0.3, 0.4) is 0 Å². The molecular formula is C19H17ClN2O. The zero-order valence-electron chi connectivity index (χ0n) is 12.8. The first-order valence-corrected chi connectivity index (χ1v) is 8.15. The first-order chi connectivity index (χ1) is 11.1. The van der Waals surface area contributed by atoms with Crippen molar-refractivity contribution in [2.45, 2.75) is 19.4 Å². The third kappa shape index (κ3) is 2.41. The van der Waals surface area contributed by atoms with Crippen LogP contribution in [0.15, 0.2) is 48.7 Å². The molecule has 4 heteroatoms. The highest BCUT2D eigenvalue weighted by molar-refractivity contribution is 6.34. The molecule has 0 radical (unpaired) electrons. The van der Waals surface area contributed by atoms with Crippen LogP contribution in [-0.4, -0.2) is 22.3 Å². The van der Waals surface area contributed by atoms with Crippen molar-refractivity contribution < 1.29 is 4.79 Å². The maximum atomic E-state index is 11.5. The van der Waals surface area contributed by atoms with Crippen molar-refractivity contribution in [1.82, 2.24) is 9.88 Å². The molecule has 4 rings (SSSR count). The fourth-order valence-electron chi connectivity index (χ4n) is 3.29. The predicted molar refractivity (Wildman–Crippen MR) is 93.5 cm³/mol. The molecule has 1 fully saturated rings. The Morgan fingerprint density at radius 1 is 1.22 bits per heavy atom. The summed E-state index contributed by atoms with van der Waals surface area (Å²) in [6, 6.07) is 14.7. The van der Waals surface area contributed by atoms with Gasteiger partial charge in [-0.2, -0.15) is 0 Å². The van der Waals surface area contributed by atoms with Gasteiger partial charge in [-0.05, 0) is 35.7 Å². The van der Waals surface area contributed by atoms with E-state index in [1.54, 1.807) is 6.92 Å². The molecule has 1 saturated heterocycles. The van der Waals surface area contributed by atoms with E-state index < -0.39 is 0 Å². The molecule has 1 amide bonds. The number of H-pyrrole nitrogens is 1. The molecule has 0 aliphatic carbocycles. The van der Waals surface area contributed by atoms with E-state index in [9.17, 15) is 4.79 Å². The summed E-state index contributed by atoms with van der Waals surface area (Å²) in [4.78, 5) is 16.6. The quantitative estimate of drug-likeness (QED) is 0.723. The Bertz CT molecular complexity index is 882. The third-order valence-electron chi connectivity index (χ3n) is 4.67. The van der Waals surface area contributed by atoms with E-state index in [0.717, 1.165) is 40.0 Å². The minimum absolute atomic E-state index is 0.145. The van der Waals surface area contributed by atoms with Crippen LogP contribution in [0.1, 0.15) is 24.9 Å². The van der Waals surface area contributed by atoms with Gasteiger partial charge >= 0.3 is 0 Å². The molecule has 1 unspecified atom stereocenters. The Balaban J connectivity index is 1.67. The van der Waals surface area contributed by atoms with Crippen LogP contribution in [0.5, 0.6) is 0 Å². The van der Waals surface area contributed by atoms with E-state index in [4.69, 9.17) is 11.6 Å². The number of fused-ring (bicyclic) bond motifs is 1. The van der Waals surface area contributed by atoms with Gasteiger partial charge in [0.1, 0.15) is 0 Å². The van der Waals surface area contributed by atoms with Crippen molar-refractivity contribution in [2.24, 2.45) is 0 Å². The van der Waals surface area contributed by atoms with Crippen molar-refractivity contribution in [3.8, 4) is 11.1 Å². The standard InChI is InChI=1S/C19H17ClN2O/c1-12(23)22-9-7-19(22)14-4-2-13(3-5-14)16-10-15-6-8-21-18(15)11-17(16)20/h2-6,8,10-11,19,21H,7,9H2,1H3. The number of aromatic nitrogens is 1. The summed E-state index contributed by atoms with van der Waals surface area (Å²) in [5, 5.41) is 1.89. The molecule has 1 aromatic heterocycles. The number of hydrogen-bond acceptors (Lipinski definition) is 1. The molecule has 23 heavy (non-hydrogen) atoms. The van der Waals surface area contributed by atoms with Crippen LogP contribution < -0.4 is 0 Å². The van der Waals surface area contributed by atoms with Crippen molar-refractivity contribution >= 4 is 28.4 Å². The largest absolute Gasteiger partial charge is 0.361 e. The van der Waals surface area contributed by atoms with Crippen LogP contribution in [0.2, 0.25) is 5.02 Å². The van der Waals surface area contributed by atoms with Crippen molar-refractivity contribution in [3.63, 3.8) is 0 Å². The molecule has 2 heterocycles. The molecule has 1 N–H and O–H groups in total. The average molecular weight is 325 g/mol. The second-order valence-electron chi connectivity index (χ2n) is 6.04. The molecule has 116 valence electrons. The minimum Gasteiger partial charge on any atom is -0.361 e. The molecule has 1 atom stereocenters. The molecule has 3 nitrogen and oxygen atoms in total. The van der Waals surface area contributed by atoms with Crippen molar-refractivity contribution in [1.29, 1.82) is 0 Å². The summed E-state index contributed by atoms with van der Waals surface area (Å²) >= 11 is 6.43. The summed E-state index contributed by atoms with van der Waals surface area (Å²) in [6.45, 7) is 2.49. The molecule has 1 aliphatic heterocycles. The Hall–Kier alpha value is -2.26. The molecule has 3 aromatic rings. The van der Waals surface area contributed by atoms with Gasteiger partial charge in [0.05, 0.1) is 11.1 Å². The number of aromatic amines is 1. The number of amides is 1. The summed E-state index contributed by atoms with van der Waals surface area (Å²) in [5.41, 5.74) is 4.36. The van der Waals surface area contributed by atoms with Gasteiger partial charge in [0.15, 0.2) is 0 Å². The first kappa shape index (κ1) is 14.3. The van der Waals surface area contributed by atoms with E-state index >= 15 is 0 Å². The van der Waals surface area contributed by atoms with Crippen LogP contribution >= 0.6 is 11.6 Å². The number of benzene rings is 2. The van der Waals surface area contributed by atoms with Crippen LogP contribution in [0.25, 0.3) is 22.0 Å². The predicted octanol–water partition coefficient (Wildman–Crippen LogP) is 4.78. The number of likely N-dealkylation sites (tertiary alicyclic amines) is 1. The van der Waals surface area contributed by atoms with Gasteiger partial charge in [-0.15, -0.1) is 0 Å². The van der Waals surface area contributed by atoms with Gasteiger partial charge in [0, 0.05) is 36.1 Å². The fraction of sp³-hybridized carbons (Fsp3) is 0.211. The van der Waals surface area contributed by atoms with E-state index in [1.807, 2.05) is 23.2 Å². The van der Waals surface area contributed by atoms with Crippen LogP contribution in [0.4, 0.5) is 0 Å². The van der Waals surface area contributed by atoms with Gasteiger partial charge in [-0.3, -0.25) is 4.79 Å². The minimum atomic E-state index is 0.145. The normalized spacial score (nSPS) is 17.3. The highest BCUT2D eigenvalue weighted by atomic mass is 35.5. The van der Waals surface area contributed by atoms with Gasteiger partial charge in [-0.25, -0.2) is 0 Å². The van der Waals surface area contributed by atoms with Crippen LogP contribution in [-0.2, 0) is 4.79 Å². The summed E-state index contributed by atoms with van der Waals surface area (Å²) in [5.74, 6) is 0.145. The topological polar surface area (TPSA) is 36.1 Å². The molecule has 0 saturated carbocycles. The summed E-state index contributed by atoms with van der Waals surface area (Å²) in [6.07, 6.45) is 2.95. The van der Waals surface area contributed by atoms with E-state index in [1.165, 1.54) is 5.56 Å². The lowest BCUT2D eigenvalue weighted by molar-refractivity contribution is -0.136. The SMILES string of the molecule is CC(=O)N1CCC1c1ccc(-c2cc3cc[nH]c3cc2Cl)cc1. The number of rotatable bonds is 2. The highest BCUT2D eigenvalue weighted by Crippen LogP contribution is 2.36. The number of nitrogens with one attached hydrogen (secondary N) is 1. The summed E-state index contributed by atoms with van der Waals surface area (Å²) in [7, 11) is 0. The van der Waals surface area contributed by atoms with E-state index in [2.05, 4.69) is 35.3 Å². The third-order valence-corrected chi connectivity index (χ3v) is 4.98. The smallest absolute Gasteiger partial charge is 0.219 e. The fourth-order valence-corrected chi connectivity index (χ4v) is 3.56. The Morgan fingerprint density at radius 2 is 2.00 bits per heavy atom. The Kier molecular flexibility index (Phi) is 3.38. The van der Waals surface area contributed by atoms with Gasteiger partial charge in [-0.1, -0.05) is 35.9 Å². The number of carbonyl (C=O) groups is 1. The number of carbonyl (C=O) groups excluding carboxylic acids is 1. The van der Waals surface area contributed by atoms with Gasteiger partial charge in [0.2, 0.25) is 5.91 Å². The number of halogens is 1. The van der Waals surface area contributed by atoms with Crippen LogP contribution in [0, 0.1) is 0 Å². The Labute approximate surface area is 139 Å². The van der Waals surface area contributed by atoms with Gasteiger partial charge in [0.25, 0.3) is 0 Å². The lowest BCUT2D eigenvalue weighted by Crippen LogP contribution is -2.43. The van der Waals surface area contributed by atoms with Crippen molar-refractivity contribution in [3.05, 3.63) is 59.2 Å². The molecule has 2 aromatic carbocycles. The summed E-state index contributed by atoms with van der Waals surface area (Å²) < 4.78 is 0.